The fourth-order valence-electron chi connectivity index (χ4n) is 2.54. The number of amides is 1. The van der Waals surface area contributed by atoms with Gasteiger partial charge in [0.15, 0.2) is 0 Å². The number of carbonyl (C=O) groups is 1. The zero-order chi connectivity index (χ0) is 12.1. The van der Waals surface area contributed by atoms with Gasteiger partial charge in [-0.2, -0.15) is 0 Å². The smallest absolute Gasteiger partial charge is 0.225 e. The number of aryl methyl sites for hydroxylation is 1. The highest BCUT2D eigenvalue weighted by molar-refractivity contribution is 5.78. The quantitative estimate of drug-likeness (QED) is 0.783. The van der Waals surface area contributed by atoms with Crippen LogP contribution < -0.4 is 0 Å². The maximum Gasteiger partial charge on any atom is 0.225 e. The zero-order valence-corrected chi connectivity index (χ0v) is 10.6. The Morgan fingerprint density at radius 2 is 2.00 bits per heavy atom. The molecule has 0 aliphatic carbocycles. The molecule has 1 aliphatic rings. The van der Waals surface area contributed by atoms with Crippen LogP contribution in [0, 0.1) is 5.92 Å². The molecule has 1 fully saturated rings. The van der Waals surface area contributed by atoms with Gasteiger partial charge in [-0.25, -0.2) is 0 Å². The molecule has 2 nitrogen and oxygen atoms in total. The van der Waals surface area contributed by atoms with Crippen molar-refractivity contribution < 1.29 is 4.79 Å². The minimum atomic E-state index is 0.239. The average molecular weight is 231 g/mol. The Balaban J connectivity index is 1.91. The molecule has 1 saturated heterocycles. The summed E-state index contributed by atoms with van der Waals surface area (Å²) < 4.78 is 0. The molecule has 1 aromatic carbocycles. The van der Waals surface area contributed by atoms with E-state index in [0.29, 0.717) is 5.91 Å². The van der Waals surface area contributed by atoms with Crippen LogP contribution in [-0.4, -0.2) is 24.4 Å². The van der Waals surface area contributed by atoms with Gasteiger partial charge in [-0.15, -0.1) is 0 Å². The maximum atomic E-state index is 12.1. The molecule has 1 aromatic rings. The third kappa shape index (κ3) is 3.32. The fourth-order valence-corrected chi connectivity index (χ4v) is 2.54. The van der Waals surface area contributed by atoms with Gasteiger partial charge in [-0.3, -0.25) is 4.79 Å². The molecule has 0 N–H and O–H groups in total. The minimum absolute atomic E-state index is 0.239. The minimum Gasteiger partial charge on any atom is -0.346 e. The summed E-state index contributed by atoms with van der Waals surface area (Å²) in [6, 6.07) is 10.5. The summed E-state index contributed by atoms with van der Waals surface area (Å²) in [5.41, 5.74) is 1.34. The topological polar surface area (TPSA) is 20.3 Å². The molecule has 1 aliphatic heterocycles. The Morgan fingerprint density at radius 1 is 1.24 bits per heavy atom. The number of nitrogens with zero attached hydrogens (tertiary/aromatic N) is 1. The Hall–Kier alpha value is -1.31. The van der Waals surface area contributed by atoms with Crippen LogP contribution in [0.3, 0.4) is 0 Å². The number of rotatable bonds is 3. The molecule has 17 heavy (non-hydrogen) atoms. The molecule has 1 atom stereocenters. The normalized spacial score (nSPS) is 21.4. The van der Waals surface area contributed by atoms with Gasteiger partial charge >= 0.3 is 0 Å². The van der Waals surface area contributed by atoms with Gasteiger partial charge in [0.1, 0.15) is 0 Å². The second kappa shape index (κ2) is 5.85. The van der Waals surface area contributed by atoms with Gasteiger partial charge in [-0.05, 0) is 31.2 Å². The van der Waals surface area contributed by atoms with Gasteiger partial charge < -0.3 is 4.90 Å². The Bertz CT molecular complexity index is 360. The van der Waals surface area contributed by atoms with Crippen LogP contribution in [0.15, 0.2) is 30.3 Å². The van der Waals surface area contributed by atoms with E-state index in [4.69, 9.17) is 0 Å². The third-order valence-electron chi connectivity index (χ3n) is 3.65. The first-order valence-electron chi connectivity index (χ1n) is 6.56. The van der Waals surface area contributed by atoms with E-state index in [0.717, 1.165) is 32.2 Å². The van der Waals surface area contributed by atoms with E-state index in [2.05, 4.69) is 24.3 Å². The van der Waals surface area contributed by atoms with Crippen molar-refractivity contribution in [2.75, 3.05) is 13.6 Å². The van der Waals surface area contributed by atoms with E-state index in [1.807, 2.05) is 18.0 Å². The van der Waals surface area contributed by atoms with Gasteiger partial charge in [0.2, 0.25) is 5.91 Å². The molecule has 0 bridgehead atoms. The highest BCUT2D eigenvalue weighted by atomic mass is 16.2. The fraction of sp³-hybridized carbons (Fsp3) is 0.533. The third-order valence-corrected chi connectivity index (χ3v) is 3.65. The molecule has 1 unspecified atom stereocenters. The Labute approximate surface area is 104 Å². The molecule has 2 heteroatoms. The molecule has 0 radical (unpaired) electrons. The molecular weight excluding hydrogens is 210 g/mol. The SMILES string of the molecule is CN1CCCCC(CCc2ccccc2)C1=O. The second-order valence-corrected chi connectivity index (χ2v) is 4.98. The summed E-state index contributed by atoms with van der Waals surface area (Å²) in [6.45, 7) is 0.931. The highest BCUT2D eigenvalue weighted by Crippen LogP contribution is 2.21. The van der Waals surface area contributed by atoms with Crippen molar-refractivity contribution in [3.05, 3.63) is 35.9 Å². The molecule has 92 valence electrons. The van der Waals surface area contributed by atoms with Gasteiger partial charge in [-0.1, -0.05) is 36.8 Å². The monoisotopic (exact) mass is 231 g/mol. The molecule has 2 rings (SSSR count). The lowest BCUT2D eigenvalue weighted by Crippen LogP contribution is -2.31. The molecule has 0 spiro atoms. The molecule has 0 saturated carbocycles. The first-order valence-corrected chi connectivity index (χ1v) is 6.56. The zero-order valence-electron chi connectivity index (χ0n) is 10.6. The number of hydrogen-bond donors (Lipinski definition) is 0. The van der Waals surface area contributed by atoms with Crippen molar-refractivity contribution in [1.82, 2.24) is 4.90 Å². The van der Waals surface area contributed by atoms with E-state index >= 15 is 0 Å². The highest BCUT2D eigenvalue weighted by Gasteiger charge is 2.23. The van der Waals surface area contributed by atoms with Crippen molar-refractivity contribution >= 4 is 5.91 Å². The predicted octanol–water partition coefficient (Wildman–Crippen LogP) is 2.88. The van der Waals surface area contributed by atoms with E-state index in [1.54, 1.807) is 0 Å². The standard InChI is InChI=1S/C15H21NO/c1-16-12-6-5-9-14(15(16)17)11-10-13-7-3-2-4-8-13/h2-4,7-8,14H,5-6,9-12H2,1H3. The Kier molecular flexibility index (Phi) is 4.18. The van der Waals surface area contributed by atoms with Crippen molar-refractivity contribution in [1.29, 1.82) is 0 Å². The summed E-state index contributed by atoms with van der Waals surface area (Å²) >= 11 is 0. The van der Waals surface area contributed by atoms with Crippen LogP contribution in [0.1, 0.15) is 31.2 Å². The summed E-state index contributed by atoms with van der Waals surface area (Å²) in [5, 5.41) is 0. The van der Waals surface area contributed by atoms with Crippen molar-refractivity contribution in [3.63, 3.8) is 0 Å². The lowest BCUT2D eigenvalue weighted by Gasteiger charge is -2.19. The number of hydrogen-bond acceptors (Lipinski definition) is 1. The number of likely N-dealkylation sites (tertiary alicyclic amines) is 1. The predicted molar refractivity (Wildman–Crippen MR) is 69.7 cm³/mol. The average Bonchev–Trinajstić information content (AvgIpc) is 2.52. The van der Waals surface area contributed by atoms with Crippen LogP contribution in [0.25, 0.3) is 0 Å². The van der Waals surface area contributed by atoms with Crippen molar-refractivity contribution in [3.8, 4) is 0 Å². The van der Waals surface area contributed by atoms with Crippen LogP contribution >= 0.6 is 0 Å². The van der Waals surface area contributed by atoms with Gasteiger partial charge in [0.25, 0.3) is 0 Å². The summed E-state index contributed by atoms with van der Waals surface area (Å²) in [7, 11) is 1.93. The second-order valence-electron chi connectivity index (χ2n) is 4.98. The molecule has 1 amide bonds. The first kappa shape index (κ1) is 12.2. The van der Waals surface area contributed by atoms with E-state index in [-0.39, 0.29) is 5.92 Å². The van der Waals surface area contributed by atoms with Crippen LogP contribution in [0.5, 0.6) is 0 Å². The van der Waals surface area contributed by atoms with E-state index in [9.17, 15) is 4.79 Å². The lowest BCUT2D eigenvalue weighted by atomic mass is 9.94. The van der Waals surface area contributed by atoms with Gasteiger partial charge in [0, 0.05) is 19.5 Å². The van der Waals surface area contributed by atoms with Crippen LogP contribution in [-0.2, 0) is 11.2 Å². The van der Waals surface area contributed by atoms with Crippen LogP contribution in [0.4, 0.5) is 0 Å². The lowest BCUT2D eigenvalue weighted by molar-refractivity contribution is -0.133. The van der Waals surface area contributed by atoms with Crippen molar-refractivity contribution in [2.45, 2.75) is 32.1 Å². The largest absolute Gasteiger partial charge is 0.346 e. The summed E-state index contributed by atoms with van der Waals surface area (Å²) in [4.78, 5) is 14.0. The summed E-state index contributed by atoms with van der Waals surface area (Å²) in [6.07, 6.45) is 5.42. The molecule has 0 aromatic heterocycles. The summed E-state index contributed by atoms with van der Waals surface area (Å²) in [5.74, 6) is 0.584. The first-order chi connectivity index (χ1) is 8.27. The van der Waals surface area contributed by atoms with E-state index < -0.39 is 0 Å². The Morgan fingerprint density at radius 3 is 2.76 bits per heavy atom. The van der Waals surface area contributed by atoms with Crippen molar-refractivity contribution in [2.24, 2.45) is 5.92 Å². The van der Waals surface area contributed by atoms with Gasteiger partial charge in [0.05, 0.1) is 0 Å². The van der Waals surface area contributed by atoms with Crippen LogP contribution in [0.2, 0.25) is 0 Å². The number of carbonyl (C=O) groups excluding carboxylic acids is 1. The van der Waals surface area contributed by atoms with E-state index in [1.165, 1.54) is 12.0 Å². The molecular formula is C15H21NO. The maximum absolute atomic E-state index is 12.1. The molecule has 1 heterocycles. The number of benzene rings is 1.